The average Bonchev–Trinajstić information content (AvgIpc) is 2.23. The van der Waals surface area contributed by atoms with Crippen molar-refractivity contribution >= 4 is 5.97 Å². The van der Waals surface area contributed by atoms with E-state index in [-0.39, 0.29) is 29.6 Å². The van der Waals surface area contributed by atoms with E-state index >= 15 is 0 Å². The molecule has 0 aromatic carbocycles. The number of hydrogen-bond acceptors (Lipinski definition) is 8. The van der Waals surface area contributed by atoms with E-state index in [1.807, 2.05) is 0 Å². The number of carboxylic acids is 1. The van der Waals surface area contributed by atoms with E-state index in [2.05, 4.69) is 0 Å². The van der Waals surface area contributed by atoms with Crippen molar-refractivity contribution in [1.82, 2.24) is 0 Å². The summed E-state index contributed by atoms with van der Waals surface area (Å²) in [7, 11) is 0. The Morgan fingerprint density at radius 3 is 1.75 bits per heavy atom. The van der Waals surface area contributed by atoms with Crippen LogP contribution in [0.3, 0.4) is 0 Å². The fraction of sp³-hybridized carbons (Fsp3) is 0.857. The largest absolute Gasteiger partial charge is 1.00 e. The van der Waals surface area contributed by atoms with Gasteiger partial charge in [-0.25, -0.2) is 0 Å². The predicted molar refractivity (Wildman–Crippen MR) is 42.1 cm³/mol. The fourth-order valence-corrected chi connectivity index (χ4v) is 0.864. The molecule has 0 fully saturated rings. The van der Waals surface area contributed by atoms with E-state index in [0.29, 0.717) is 0 Å². The SMILES string of the molecule is O=C([O-])[C@H](O)[C@H](O)[C@H](O)[C@@H](O)[C@@H](O)CO.[Na+]. The molecule has 0 aliphatic carbocycles. The Morgan fingerprint density at radius 1 is 1.00 bits per heavy atom. The summed E-state index contributed by atoms with van der Waals surface area (Å²) < 4.78 is 0. The summed E-state index contributed by atoms with van der Waals surface area (Å²) in [6.45, 7) is -0.896. The van der Waals surface area contributed by atoms with E-state index in [1.165, 1.54) is 0 Å². The maximum Gasteiger partial charge on any atom is 1.00 e. The van der Waals surface area contributed by atoms with Gasteiger partial charge in [-0.2, -0.15) is 0 Å². The number of rotatable bonds is 6. The Labute approximate surface area is 113 Å². The van der Waals surface area contributed by atoms with Gasteiger partial charge < -0.3 is 40.5 Å². The third kappa shape index (κ3) is 5.04. The fourth-order valence-electron chi connectivity index (χ4n) is 0.864. The molecule has 0 bridgehead atoms. The molecule has 9 heteroatoms. The first-order valence-corrected chi connectivity index (χ1v) is 4.05. The van der Waals surface area contributed by atoms with Gasteiger partial charge in [-0.1, -0.05) is 0 Å². The van der Waals surface area contributed by atoms with Crippen molar-refractivity contribution in [3.63, 3.8) is 0 Å². The van der Waals surface area contributed by atoms with Gasteiger partial charge in [0, 0.05) is 0 Å². The number of aliphatic hydroxyl groups excluding tert-OH is 6. The van der Waals surface area contributed by atoms with E-state index in [0.717, 1.165) is 0 Å². The maximum atomic E-state index is 10.1. The second-order valence-electron chi connectivity index (χ2n) is 2.99. The van der Waals surface area contributed by atoms with E-state index in [9.17, 15) is 9.90 Å². The topological polar surface area (TPSA) is 162 Å². The number of hydrogen-bond donors (Lipinski definition) is 6. The molecule has 0 rings (SSSR count). The Bertz CT molecular complexity index is 213. The van der Waals surface area contributed by atoms with Crippen molar-refractivity contribution in [2.45, 2.75) is 30.5 Å². The molecule has 90 valence electrons. The molecule has 0 aromatic rings. The molecule has 0 aliphatic rings. The zero-order chi connectivity index (χ0) is 12.2. The minimum absolute atomic E-state index is 0. The molecule has 0 aromatic heterocycles. The van der Waals surface area contributed by atoms with Crippen LogP contribution in [0.4, 0.5) is 0 Å². The van der Waals surface area contributed by atoms with Crippen LogP contribution in [-0.2, 0) is 4.79 Å². The van der Waals surface area contributed by atoms with Gasteiger partial charge in [0.15, 0.2) is 0 Å². The minimum Gasteiger partial charge on any atom is -0.547 e. The monoisotopic (exact) mass is 248 g/mol. The molecule has 0 amide bonds. The predicted octanol–water partition coefficient (Wildman–Crippen LogP) is -8.46. The van der Waals surface area contributed by atoms with Gasteiger partial charge in [0.25, 0.3) is 0 Å². The van der Waals surface area contributed by atoms with Gasteiger partial charge in [-0.15, -0.1) is 0 Å². The van der Waals surface area contributed by atoms with Crippen LogP contribution in [0.25, 0.3) is 0 Å². The van der Waals surface area contributed by atoms with Crippen LogP contribution in [0, 0.1) is 0 Å². The quantitative estimate of drug-likeness (QED) is 0.252. The molecule has 0 radical (unpaired) electrons. The molecule has 16 heavy (non-hydrogen) atoms. The summed E-state index contributed by atoms with van der Waals surface area (Å²) >= 11 is 0. The standard InChI is InChI=1S/C7H14O8.Na/c8-1-2(9)3(10)4(11)5(12)6(13)7(14)15;/h2-6,8-13H,1H2,(H,14,15);/q;+1/p-1/t2-,3-,4+,5+,6+;/m0./s1. The Kier molecular flexibility index (Phi) is 9.69. The van der Waals surface area contributed by atoms with Crippen molar-refractivity contribution in [3.05, 3.63) is 0 Å². The summed E-state index contributed by atoms with van der Waals surface area (Å²) in [5.41, 5.74) is 0. The number of carboxylic acid groups (broad SMARTS) is 1. The number of aliphatic carboxylic acids is 1. The molecule has 0 heterocycles. The van der Waals surface area contributed by atoms with Crippen LogP contribution in [0.5, 0.6) is 0 Å². The van der Waals surface area contributed by atoms with Crippen LogP contribution in [0.2, 0.25) is 0 Å². The van der Waals surface area contributed by atoms with E-state index in [1.54, 1.807) is 0 Å². The van der Waals surface area contributed by atoms with Crippen LogP contribution in [-0.4, -0.2) is 73.7 Å². The zero-order valence-electron chi connectivity index (χ0n) is 8.59. The summed E-state index contributed by atoms with van der Waals surface area (Å²) in [4.78, 5) is 10.1. The Balaban J connectivity index is 0. The molecule has 6 N–H and O–H groups in total. The molecular formula is C7H13NaO8. The second kappa shape index (κ2) is 8.34. The normalized spacial score (nSPS) is 20.1. The van der Waals surface area contributed by atoms with Crippen molar-refractivity contribution in [3.8, 4) is 0 Å². The van der Waals surface area contributed by atoms with Crippen molar-refractivity contribution in [1.29, 1.82) is 0 Å². The Morgan fingerprint density at radius 2 is 1.44 bits per heavy atom. The summed E-state index contributed by atoms with van der Waals surface area (Å²) in [5.74, 6) is -2.03. The van der Waals surface area contributed by atoms with Gasteiger partial charge >= 0.3 is 29.6 Å². The van der Waals surface area contributed by atoms with Crippen molar-refractivity contribution < 1.29 is 70.1 Å². The number of carbonyl (C=O) groups excluding carboxylic acids is 1. The van der Waals surface area contributed by atoms with Crippen molar-refractivity contribution in [2.24, 2.45) is 0 Å². The molecule has 8 nitrogen and oxygen atoms in total. The molecule has 0 spiro atoms. The maximum absolute atomic E-state index is 10.1. The summed E-state index contributed by atoms with van der Waals surface area (Å²) in [5, 5.41) is 63.2. The zero-order valence-corrected chi connectivity index (χ0v) is 10.6. The summed E-state index contributed by atoms with van der Waals surface area (Å²) in [6, 6.07) is 0. The van der Waals surface area contributed by atoms with Crippen LogP contribution >= 0.6 is 0 Å². The van der Waals surface area contributed by atoms with E-state index in [4.69, 9.17) is 30.6 Å². The minimum atomic E-state index is -2.40. The summed E-state index contributed by atoms with van der Waals surface area (Å²) in [6.07, 6.45) is -10.5. The number of carbonyl (C=O) groups is 1. The Hall–Kier alpha value is 0.230. The van der Waals surface area contributed by atoms with Crippen LogP contribution in [0.1, 0.15) is 0 Å². The molecule has 5 atom stereocenters. The van der Waals surface area contributed by atoms with Gasteiger partial charge in [-0.05, 0) is 0 Å². The van der Waals surface area contributed by atoms with Gasteiger partial charge in [0.05, 0.1) is 12.6 Å². The molecule has 0 unspecified atom stereocenters. The molecule has 0 saturated carbocycles. The van der Waals surface area contributed by atoms with Crippen LogP contribution in [0.15, 0.2) is 0 Å². The molecule has 0 saturated heterocycles. The third-order valence-electron chi connectivity index (χ3n) is 1.85. The molecule has 0 aliphatic heterocycles. The van der Waals surface area contributed by atoms with Gasteiger partial charge in [0.1, 0.15) is 30.5 Å². The first kappa shape index (κ1) is 18.6. The van der Waals surface area contributed by atoms with E-state index < -0.39 is 43.1 Å². The average molecular weight is 248 g/mol. The second-order valence-corrected chi connectivity index (χ2v) is 2.99. The molecular weight excluding hydrogens is 235 g/mol. The van der Waals surface area contributed by atoms with Gasteiger partial charge in [-0.3, -0.25) is 0 Å². The smallest absolute Gasteiger partial charge is 0.547 e. The van der Waals surface area contributed by atoms with Crippen molar-refractivity contribution in [2.75, 3.05) is 6.61 Å². The van der Waals surface area contributed by atoms with Crippen LogP contribution < -0.4 is 34.7 Å². The van der Waals surface area contributed by atoms with Gasteiger partial charge in [0.2, 0.25) is 0 Å². The third-order valence-corrected chi connectivity index (χ3v) is 1.85. The number of aliphatic hydroxyl groups is 6. The first-order chi connectivity index (χ1) is 6.82. The first-order valence-electron chi connectivity index (χ1n) is 4.05.